The first-order chi connectivity index (χ1) is 12.4. The summed E-state index contributed by atoms with van der Waals surface area (Å²) in [6, 6.07) is 0. The largest absolute Gasteiger partial charge is 0.377 e. The number of aryl methyl sites for hydroxylation is 3. The molecule has 0 N–H and O–H groups in total. The first-order valence-corrected chi connectivity index (χ1v) is 9.21. The lowest BCUT2D eigenvalue weighted by Crippen LogP contribution is -2.41. The summed E-state index contributed by atoms with van der Waals surface area (Å²) in [5.74, 6) is 1.48. The van der Waals surface area contributed by atoms with E-state index < -0.39 is 0 Å². The number of aromatic nitrogens is 4. The Bertz CT molecular complexity index is 792. The highest BCUT2D eigenvalue weighted by Gasteiger charge is 2.28. The second-order valence-corrected chi connectivity index (χ2v) is 7.29. The van der Waals surface area contributed by atoms with Gasteiger partial charge in [0, 0.05) is 51.4 Å². The summed E-state index contributed by atoms with van der Waals surface area (Å²) in [7, 11) is 3.57. The predicted octanol–water partition coefficient (Wildman–Crippen LogP) is 2.24. The van der Waals surface area contributed by atoms with Crippen LogP contribution in [0.2, 0.25) is 0 Å². The number of carbonyl (C=O) groups is 1. The SMILES string of the molecule is COCc1ncc(C)n1CC1CCCN(C(=O)c2c(C)nn(C)c2C)C1. The van der Waals surface area contributed by atoms with Crippen molar-refractivity contribution in [2.45, 2.75) is 46.8 Å². The Hall–Kier alpha value is -2.15. The van der Waals surface area contributed by atoms with Crippen LogP contribution in [0.1, 0.15) is 46.1 Å². The third-order valence-electron chi connectivity index (χ3n) is 5.38. The van der Waals surface area contributed by atoms with E-state index in [9.17, 15) is 4.79 Å². The van der Waals surface area contributed by atoms with Gasteiger partial charge in [0.05, 0.1) is 11.3 Å². The number of likely N-dealkylation sites (tertiary alicyclic amines) is 1. The second-order valence-electron chi connectivity index (χ2n) is 7.29. The van der Waals surface area contributed by atoms with Gasteiger partial charge >= 0.3 is 0 Å². The van der Waals surface area contributed by atoms with Gasteiger partial charge in [-0.1, -0.05) is 0 Å². The molecule has 1 aliphatic heterocycles. The summed E-state index contributed by atoms with van der Waals surface area (Å²) in [4.78, 5) is 19.5. The number of rotatable bonds is 5. The Morgan fingerprint density at radius 3 is 2.77 bits per heavy atom. The van der Waals surface area contributed by atoms with Gasteiger partial charge in [0.15, 0.2) is 0 Å². The van der Waals surface area contributed by atoms with E-state index in [1.54, 1.807) is 11.8 Å². The van der Waals surface area contributed by atoms with Crippen molar-refractivity contribution in [1.82, 2.24) is 24.2 Å². The highest BCUT2D eigenvalue weighted by atomic mass is 16.5. The first kappa shape index (κ1) is 18.6. The molecular weight excluding hydrogens is 330 g/mol. The maximum absolute atomic E-state index is 13.1. The Balaban J connectivity index is 1.74. The molecule has 0 spiro atoms. The van der Waals surface area contributed by atoms with Gasteiger partial charge in [0.2, 0.25) is 0 Å². The molecule has 7 nitrogen and oxygen atoms in total. The zero-order valence-electron chi connectivity index (χ0n) is 16.4. The molecule has 1 atom stereocenters. The highest BCUT2D eigenvalue weighted by Crippen LogP contribution is 2.23. The van der Waals surface area contributed by atoms with E-state index in [4.69, 9.17) is 4.74 Å². The smallest absolute Gasteiger partial charge is 0.257 e. The molecule has 0 bridgehead atoms. The quantitative estimate of drug-likeness (QED) is 0.821. The van der Waals surface area contributed by atoms with Crippen molar-refractivity contribution in [2.24, 2.45) is 13.0 Å². The lowest BCUT2D eigenvalue weighted by molar-refractivity contribution is 0.0658. The monoisotopic (exact) mass is 359 g/mol. The van der Waals surface area contributed by atoms with Crippen LogP contribution in [0.4, 0.5) is 0 Å². The maximum atomic E-state index is 13.1. The van der Waals surface area contributed by atoms with Crippen LogP contribution in [0, 0.1) is 26.7 Å². The zero-order chi connectivity index (χ0) is 18.8. The molecule has 3 rings (SSSR count). The van der Waals surface area contributed by atoms with Gasteiger partial charge in [0.25, 0.3) is 5.91 Å². The number of piperidine rings is 1. The summed E-state index contributed by atoms with van der Waals surface area (Å²) in [5.41, 5.74) is 3.64. The zero-order valence-corrected chi connectivity index (χ0v) is 16.4. The normalized spacial score (nSPS) is 17.7. The van der Waals surface area contributed by atoms with E-state index in [2.05, 4.69) is 21.6 Å². The fourth-order valence-electron chi connectivity index (χ4n) is 3.90. The molecule has 1 unspecified atom stereocenters. The van der Waals surface area contributed by atoms with Crippen molar-refractivity contribution in [1.29, 1.82) is 0 Å². The molecule has 0 aromatic carbocycles. The Labute approximate surface area is 155 Å². The molecule has 0 saturated carbocycles. The third kappa shape index (κ3) is 3.53. The van der Waals surface area contributed by atoms with Crippen molar-refractivity contribution >= 4 is 5.91 Å². The van der Waals surface area contributed by atoms with E-state index in [0.29, 0.717) is 12.5 Å². The molecule has 1 fully saturated rings. The van der Waals surface area contributed by atoms with Crippen LogP contribution < -0.4 is 0 Å². The Morgan fingerprint density at radius 1 is 1.35 bits per heavy atom. The molecular formula is C19H29N5O2. The molecule has 0 aliphatic carbocycles. The summed E-state index contributed by atoms with van der Waals surface area (Å²) in [6.45, 7) is 8.92. The fourth-order valence-corrected chi connectivity index (χ4v) is 3.90. The molecule has 1 amide bonds. The van der Waals surface area contributed by atoms with E-state index in [1.165, 1.54) is 0 Å². The number of imidazole rings is 1. The van der Waals surface area contributed by atoms with Gasteiger partial charge < -0.3 is 14.2 Å². The molecule has 7 heteroatoms. The van der Waals surface area contributed by atoms with E-state index in [1.807, 2.05) is 32.0 Å². The minimum atomic E-state index is 0.109. The maximum Gasteiger partial charge on any atom is 0.257 e. The minimum absolute atomic E-state index is 0.109. The van der Waals surface area contributed by atoms with Crippen LogP contribution in [0.3, 0.4) is 0 Å². The van der Waals surface area contributed by atoms with Crippen LogP contribution in [-0.2, 0) is 24.9 Å². The van der Waals surface area contributed by atoms with Crippen molar-refractivity contribution < 1.29 is 9.53 Å². The molecule has 1 aliphatic rings. The van der Waals surface area contributed by atoms with Crippen molar-refractivity contribution in [3.05, 3.63) is 34.7 Å². The van der Waals surface area contributed by atoms with E-state index >= 15 is 0 Å². The van der Waals surface area contributed by atoms with E-state index in [-0.39, 0.29) is 5.91 Å². The van der Waals surface area contributed by atoms with Gasteiger partial charge in [-0.15, -0.1) is 0 Å². The first-order valence-electron chi connectivity index (χ1n) is 9.21. The summed E-state index contributed by atoms with van der Waals surface area (Å²) in [6.07, 6.45) is 4.05. The van der Waals surface area contributed by atoms with Crippen LogP contribution in [0.5, 0.6) is 0 Å². The van der Waals surface area contributed by atoms with Crippen molar-refractivity contribution in [3.63, 3.8) is 0 Å². The topological polar surface area (TPSA) is 65.2 Å². The van der Waals surface area contributed by atoms with Crippen molar-refractivity contribution in [3.8, 4) is 0 Å². The molecule has 3 heterocycles. The number of amides is 1. The van der Waals surface area contributed by atoms with Gasteiger partial charge in [-0.25, -0.2) is 4.98 Å². The van der Waals surface area contributed by atoms with E-state index in [0.717, 1.165) is 60.9 Å². The summed E-state index contributed by atoms with van der Waals surface area (Å²) in [5, 5.41) is 4.39. The third-order valence-corrected chi connectivity index (χ3v) is 5.38. The lowest BCUT2D eigenvalue weighted by Gasteiger charge is -2.33. The van der Waals surface area contributed by atoms with Crippen LogP contribution in [0.15, 0.2) is 6.20 Å². The van der Waals surface area contributed by atoms with Gasteiger partial charge in [-0.3, -0.25) is 9.48 Å². The number of carbonyl (C=O) groups excluding carboxylic acids is 1. The average molecular weight is 359 g/mol. The van der Waals surface area contributed by atoms with Gasteiger partial charge in [0.1, 0.15) is 12.4 Å². The highest BCUT2D eigenvalue weighted by molar-refractivity contribution is 5.96. The van der Waals surface area contributed by atoms with Crippen LogP contribution >= 0.6 is 0 Å². The molecule has 1 saturated heterocycles. The number of methoxy groups -OCH3 is 1. The lowest BCUT2D eigenvalue weighted by atomic mass is 9.96. The van der Waals surface area contributed by atoms with Gasteiger partial charge in [-0.05, 0) is 39.5 Å². The molecule has 26 heavy (non-hydrogen) atoms. The molecule has 0 radical (unpaired) electrons. The van der Waals surface area contributed by atoms with Crippen LogP contribution in [0.25, 0.3) is 0 Å². The standard InChI is InChI=1S/C19H29N5O2/c1-13-9-20-17(12-26-5)24(13)11-16-7-6-8-23(10-16)19(25)18-14(2)21-22(4)15(18)3/h9,16H,6-8,10-12H2,1-5H3. The molecule has 2 aromatic heterocycles. The Kier molecular flexibility index (Phi) is 5.46. The predicted molar refractivity (Wildman–Crippen MR) is 99.0 cm³/mol. The number of ether oxygens (including phenoxy) is 1. The fraction of sp³-hybridized carbons (Fsp3) is 0.632. The second kappa shape index (κ2) is 7.61. The number of hydrogen-bond acceptors (Lipinski definition) is 4. The Morgan fingerprint density at radius 2 is 2.12 bits per heavy atom. The molecule has 142 valence electrons. The van der Waals surface area contributed by atoms with Gasteiger partial charge in [-0.2, -0.15) is 5.10 Å². The minimum Gasteiger partial charge on any atom is -0.377 e. The number of hydrogen-bond donors (Lipinski definition) is 0. The molecule has 2 aromatic rings. The summed E-state index contributed by atoms with van der Waals surface area (Å²) < 4.78 is 9.27. The van der Waals surface area contributed by atoms with Crippen LogP contribution in [-0.4, -0.2) is 50.3 Å². The summed E-state index contributed by atoms with van der Waals surface area (Å²) >= 11 is 0. The number of nitrogens with zero attached hydrogens (tertiary/aromatic N) is 5. The van der Waals surface area contributed by atoms with Crippen molar-refractivity contribution in [2.75, 3.05) is 20.2 Å². The average Bonchev–Trinajstić information content (AvgIpc) is 3.08.